The van der Waals surface area contributed by atoms with Crippen LogP contribution in [0.3, 0.4) is 0 Å². The Morgan fingerprint density at radius 3 is 2.87 bits per heavy atom. The molecule has 1 aromatic rings. The fourth-order valence-electron chi connectivity index (χ4n) is 1.32. The molecule has 0 fully saturated rings. The van der Waals surface area contributed by atoms with Crippen LogP contribution in [-0.4, -0.2) is 23.7 Å². The minimum absolute atomic E-state index is 0.175. The molecule has 15 heavy (non-hydrogen) atoms. The summed E-state index contributed by atoms with van der Waals surface area (Å²) in [5.41, 5.74) is 6.86. The lowest BCUT2D eigenvalue weighted by atomic mass is 10.0. The van der Waals surface area contributed by atoms with Crippen molar-refractivity contribution in [2.45, 2.75) is 39.2 Å². The first kappa shape index (κ1) is 12.6. The third kappa shape index (κ3) is 5.25. The molecule has 0 aliphatic carbocycles. The standard InChI is InChI=1S/C11H20N2OS/c1-4-14-6-5-10-13-9(8-15-10)7-11(2,3)12/h8H,4-7,12H2,1-3H3. The van der Waals surface area contributed by atoms with Crippen LogP contribution in [0.4, 0.5) is 0 Å². The maximum Gasteiger partial charge on any atom is 0.0951 e. The fraction of sp³-hybridized carbons (Fsp3) is 0.727. The first-order valence-corrected chi connectivity index (χ1v) is 6.19. The van der Waals surface area contributed by atoms with Gasteiger partial charge in [-0.3, -0.25) is 0 Å². The van der Waals surface area contributed by atoms with E-state index in [0.29, 0.717) is 0 Å². The first-order chi connectivity index (χ1) is 7.01. The molecule has 0 aliphatic heterocycles. The maximum absolute atomic E-state index is 5.94. The van der Waals surface area contributed by atoms with Crippen molar-refractivity contribution in [1.82, 2.24) is 4.98 Å². The minimum Gasteiger partial charge on any atom is -0.381 e. The summed E-state index contributed by atoms with van der Waals surface area (Å²) in [6.07, 6.45) is 1.74. The van der Waals surface area contributed by atoms with Gasteiger partial charge in [0.2, 0.25) is 0 Å². The van der Waals surface area contributed by atoms with Gasteiger partial charge in [-0.1, -0.05) is 0 Å². The molecule has 1 aromatic heterocycles. The topological polar surface area (TPSA) is 48.1 Å². The van der Waals surface area contributed by atoms with Crippen molar-refractivity contribution in [3.05, 3.63) is 16.1 Å². The Hall–Kier alpha value is -0.450. The second-order valence-electron chi connectivity index (χ2n) is 4.34. The van der Waals surface area contributed by atoms with Crippen LogP contribution in [0, 0.1) is 0 Å². The SMILES string of the molecule is CCOCCc1nc(CC(C)(C)N)cs1. The molecule has 0 aromatic carbocycles. The van der Waals surface area contributed by atoms with Gasteiger partial charge < -0.3 is 10.5 Å². The Morgan fingerprint density at radius 1 is 1.53 bits per heavy atom. The quantitative estimate of drug-likeness (QED) is 0.758. The summed E-state index contributed by atoms with van der Waals surface area (Å²) >= 11 is 1.69. The average Bonchev–Trinajstić information content (AvgIpc) is 2.50. The van der Waals surface area contributed by atoms with Gasteiger partial charge in [-0.2, -0.15) is 0 Å². The Balaban J connectivity index is 2.42. The van der Waals surface area contributed by atoms with Gasteiger partial charge >= 0.3 is 0 Å². The largest absolute Gasteiger partial charge is 0.381 e. The molecule has 86 valence electrons. The summed E-state index contributed by atoms with van der Waals surface area (Å²) in [4.78, 5) is 4.53. The zero-order valence-electron chi connectivity index (χ0n) is 9.75. The lowest BCUT2D eigenvalue weighted by molar-refractivity contribution is 0.151. The highest BCUT2D eigenvalue weighted by Crippen LogP contribution is 2.14. The number of nitrogens with two attached hydrogens (primary N) is 1. The Bertz CT molecular complexity index is 291. The van der Waals surface area contributed by atoms with Crippen LogP contribution >= 0.6 is 11.3 Å². The smallest absolute Gasteiger partial charge is 0.0951 e. The van der Waals surface area contributed by atoms with E-state index in [1.807, 2.05) is 20.8 Å². The summed E-state index contributed by atoms with van der Waals surface area (Å²) in [7, 11) is 0. The molecule has 0 amide bonds. The molecule has 0 bridgehead atoms. The van der Waals surface area contributed by atoms with Crippen molar-refractivity contribution < 1.29 is 4.74 Å². The van der Waals surface area contributed by atoms with E-state index < -0.39 is 0 Å². The van der Waals surface area contributed by atoms with Crippen LogP contribution in [0.25, 0.3) is 0 Å². The van der Waals surface area contributed by atoms with Crippen molar-refractivity contribution in [2.75, 3.05) is 13.2 Å². The number of thiazole rings is 1. The lowest BCUT2D eigenvalue weighted by Gasteiger charge is -2.16. The van der Waals surface area contributed by atoms with E-state index in [0.717, 1.165) is 36.8 Å². The predicted octanol–water partition coefficient (Wildman–Crippen LogP) is 2.00. The number of ether oxygens (including phenoxy) is 1. The minimum atomic E-state index is -0.175. The maximum atomic E-state index is 5.94. The number of hydrogen-bond donors (Lipinski definition) is 1. The molecule has 3 nitrogen and oxygen atoms in total. The van der Waals surface area contributed by atoms with Crippen LogP contribution in [0.15, 0.2) is 5.38 Å². The Morgan fingerprint density at radius 2 is 2.27 bits per heavy atom. The van der Waals surface area contributed by atoms with Crippen molar-refractivity contribution in [2.24, 2.45) is 5.73 Å². The first-order valence-electron chi connectivity index (χ1n) is 5.31. The summed E-state index contributed by atoms with van der Waals surface area (Å²) in [5, 5.41) is 3.23. The number of hydrogen-bond acceptors (Lipinski definition) is 4. The molecule has 1 heterocycles. The van der Waals surface area contributed by atoms with Crippen molar-refractivity contribution in [3.8, 4) is 0 Å². The second kappa shape index (κ2) is 5.58. The molecule has 0 unspecified atom stereocenters. The van der Waals surface area contributed by atoms with Gasteiger partial charge in [0.25, 0.3) is 0 Å². The lowest BCUT2D eigenvalue weighted by Crippen LogP contribution is -2.34. The summed E-state index contributed by atoms with van der Waals surface area (Å²) in [6, 6.07) is 0. The zero-order chi connectivity index (χ0) is 11.3. The normalized spacial score (nSPS) is 12.0. The van der Waals surface area contributed by atoms with E-state index in [-0.39, 0.29) is 5.54 Å². The average molecular weight is 228 g/mol. The van der Waals surface area contributed by atoms with Crippen LogP contribution in [0.1, 0.15) is 31.5 Å². The molecular weight excluding hydrogens is 208 g/mol. The third-order valence-electron chi connectivity index (χ3n) is 1.90. The number of rotatable bonds is 6. The highest BCUT2D eigenvalue weighted by Gasteiger charge is 2.13. The van der Waals surface area contributed by atoms with E-state index in [1.165, 1.54) is 0 Å². The molecule has 0 aliphatic rings. The van der Waals surface area contributed by atoms with Gasteiger partial charge in [0.05, 0.1) is 17.3 Å². The van der Waals surface area contributed by atoms with Crippen LogP contribution in [0.2, 0.25) is 0 Å². The zero-order valence-corrected chi connectivity index (χ0v) is 10.6. The number of aromatic nitrogens is 1. The molecule has 0 saturated carbocycles. The molecule has 2 N–H and O–H groups in total. The Labute approximate surface area is 95.7 Å². The van der Waals surface area contributed by atoms with E-state index in [4.69, 9.17) is 10.5 Å². The molecule has 0 saturated heterocycles. The Kier molecular flexibility index (Phi) is 4.70. The van der Waals surface area contributed by atoms with Crippen LogP contribution < -0.4 is 5.73 Å². The van der Waals surface area contributed by atoms with Gasteiger partial charge in [-0.05, 0) is 20.8 Å². The van der Waals surface area contributed by atoms with E-state index in [1.54, 1.807) is 11.3 Å². The molecular formula is C11H20N2OS. The summed E-state index contributed by atoms with van der Waals surface area (Å²) in [6.45, 7) is 7.58. The third-order valence-corrected chi connectivity index (χ3v) is 2.86. The van der Waals surface area contributed by atoms with Gasteiger partial charge in [-0.25, -0.2) is 4.98 Å². The van der Waals surface area contributed by atoms with Gasteiger partial charge in [0.1, 0.15) is 0 Å². The summed E-state index contributed by atoms with van der Waals surface area (Å²) < 4.78 is 5.29. The molecule has 0 radical (unpaired) electrons. The van der Waals surface area contributed by atoms with Crippen LogP contribution in [0.5, 0.6) is 0 Å². The van der Waals surface area contributed by atoms with Crippen molar-refractivity contribution >= 4 is 11.3 Å². The van der Waals surface area contributed by atoms with E-state index >= 15 is 0 Å². The van der Waals surface area contributed by atoms with Gasteiger partial charge in [-0.15, -0.1) is 11.3 Å². The molecule has 0 spiro atoms. The highest BCUT2D eigenvalue weighted by molar-refractivity contribution is 7.09. The van der Waals surface area contributed by atoms with E-state index in [2.05, 4.69) is 10.4 Å². The van der Waals surface area contributed by atoms with Gasteiger partial charge in [0.15, 0.2) is 0 Å². The van der Waals surface area contributed by atoms with E-state index in [9.17, 15) is 0 Å². The molecule has 4 heteroatoms. The molecule has 0 atom stereocenters. The molecule has 1 rings (SSSR count). The summed E-state index contributed by atoms with van der Waals surface area (Å²) in [5.74, 6) is 0. The van der Waals surface area contributed by atoms with Crippen molar-refractivity contribution in [3.63, 3.8) is 0 Å². The van der Waals surface area contributed by atoms with Crippen LogP contribution in [-0.2, 0) is 17.6 Å². The number of nitrogens with zero attached hydrogens (tertiary/aromatic N) is 1. The van der Waals surface area contributed by atoms with Crippen molar-refractivity contribution in [1.29, 1.82) is 0 Å². The fourth-order valence-corrected chi connectivity index (χ4v) is 2.09. The highest BCUT2D eigenvalue weighted by atomic mass is 32.1. The van der Waals surface area contributed by atoms with Gasteiger partial charge in [0, 0.05) is 30.4 Å². The monoisotopic (exact) mass is 228 g/mol. The predicted molar refractivity (Wildman–Crippen MR) is 64.3 cm³/mol. The second-order valence-corrected chi connectivity index (χ2v) is 5.29.